The molecule has 1 amide bonds. The number of hydrogen-bond donors (Lipinski definition) is 1. The zero-order valence-corrected chi connectivity index (χ0v) is 16.4. The van der Waals surface area contributed by atoms with Gasteiger partial charge in [-0.1, -0.05) is 38.1 Å². The quantitative estimate of drug-likeness (QED) is 0.637. The van der Waals surface area contributed by atoms with Gasteiger partial charge in [-0.15, -0.1) is 0 Å². The van der Waals surface area contributed by atoms with Crippen LogP contribution >= 0.6 is 0 Å². The molecule has 4 nitrogen and oxygen atoms in total. The lowest BCUT2D eigenvalue weighted by Gasteiger charge is -2.15. The van der Waals surface area contributed by atoms with Crippen molar-refractivity contribution in [3.8, 4) is 5.75 Å². The topological polar surface area (TPSA) is 51.5 Å². The maximum Gasteiger partial charge on any atom is 0.225 e. The van der Waals surface area contributed by atoms with Crippen molar-refractivity contribution in [3.05, 3.63) is 65.4 Å². The molecule has 0 saturated heterocycles. The fourth-order valence-corrected chi connectivity index (χ4v) is 3.29. The number of hydrogen-bond acceptors (Lipinski definition) is 3. The third-order valence-corrected chi connectivity index (χ3v) is 4.72. The highest BCUT2D eigenvalue weighted by Crippen LogP contribution is 2.26. The van der Waals surface area contributed by atoms with Crippen LogP contribution in [0, 0.1) is 5.92 Å². The van der Waals surface area contributed by atoms with Gasteiger partial charge in [0.2, 0.25) is 5.91 Å². The second-order valence-corrected chi connectivity index (χ2v) is 7.43. The highest BCUT2D eigenvalue weighted by atomic mass is 16.5. The first-order valence-corrected chi connectivity index (χ1v) is 9.38. The smallest absolute Gasteiger partial charge is 0.225 e. The summed E-state index contributed by atoms with van der Waals surface area (Å²) in [5.74, 6) is 1.35. The summed E-state index contributed by atoms with van der Waals surface area (Å²) in [5, 5.41) is 4.02. The number of benzene rings is 2. The molecule has 1 N–H and O–H groups in total. The van der Waals surface area contributed by atoms with Gasteiger partial charge in [-0.25, -0.2) is 0 Å². The van der Waals surface area contributed by atoms with E-state index < -0.39 is 0 Å². The molecule has 0 saturated carbocycles. The van der Waals surface area contributed by atoms with Gasteiger partial charge in [0.05, 0.1) is 25.8 Å². The van der Waals surface area contributed by atoms with Crippen molar-refractivity contribution < 1.29 is 13.9 Å². The number of nitrogens with one attached hydrogen (secondary N) is 1. The third-order valence-electron chi connectivity index (χ3n) is 4.72. The molecule has 1 heterocycles. The van der Waals surface area contributed by atoms with Gasteiger partial charge in [0, 0.05) is 17.0 Å². The molecule has 4 heteroatoms. The molecular weight excluding hydrogens is 338 g/mol. The van der Waals surface area contributed by atoms with Crippen LogP contribution < -0.4 is 10.1 Å². The Morgan fingerprint density at radius 1 is 1.11 bits per heavy atom. The molecule has 3 rings (SSSR count). The third kappa shape index (κ3) is 4.70. The number of amides is 1. The minimum Gasteiger partial charge on any atom is -0.497 e. The SMILES string of the molecule is COc1ccc2c(CC(=O)N[C@@H](C)c3ccc(CC(C)C)cc3)coc2c1. The lowest BCUT2D eigenvalue weighted by Crippen LogP contribution is -2.28. The Morgan fingerprint density at radius 3 is 2.52 bits per heavy atom. The van der Waals surface area contributed by atoms with Crippen LogP contribution in [-0.2, 0) is 17.6 Å². The van der Waals surface area contributed by atoms with Crippen molar-refractivity contribution in [2.75, 3.05) is 7.11 Å². The predicted molar refractivity (Wildman–Crippen MR) is 108 cm³/mol. The molecule has 0 aliphatic rings. The van der Waals surface area contributed by atoms with E-state index in [0.29, 0.717) is 5.92 Å². The van der Waals surface area contributed by atoms with Gasteiger partial charge >= 0.3 is 0 Å². The predicted octanol–water partition coefficient (Wildman–Crippen LogP) is 5.06. The number of carbonyl (C=O) groups excluding carboxylic acids is 1. The van der Waals surface area contributed by atoms with E-state index in [4.69, 9.17) is 9.15 Å². The van der Waals surface area contributed by atoms with Gasteiger partial charge in [-0.3, -0.25) is 4.79 Å². The molecule has 0 aliphatic carbocycles. The van der Waals surface area contributed by atoms with Gasteiger partial charge in [-0.05, 0) is 42.5 Å². The first-order valence-electron chi connectivity index (χ1n) is 9.38. The Kier molecular flexibility index (Phi) is 5.84. The van der Waals surface area contributed by atoms with Gasteiger partial charge < -0.3 is 14.5 Å². The minimum absolute atomic E-state index is 0.0210. The summed E-state index contributed by atoms with van der Waals surface area (Å²) in [7, 11) is 1.62. The summed E-state index contributed by atoms with van der Waals surface area (Å²) in [5.41, 5.74) is 4.04. The Balaban J connectivity index is 1.63. The van der Waals surface area contributed by atoms with E-state index in [1.54, 1.807) is 13.4 Å². The van der Waals surface area contributed by atoms with E-state index in [1.165, 1.54) is 5.56 Å². The first-order chi connectivity index (χ1) is 13.0. The zero-order valence-electron chi connectivity index (χ0n) is 16.4. The van der Waals surface area contributed by atoms with Crippen LogP contribution in [-0.4, -0.2) is 13.0 Å². The molecule has 0 fully saturated rings. The zero-order chi connectivity index (χ0) is 19.4. The molecule has 0 bridgehead atoms. The molecule has 0 radical (unpaired) electrons. The lowest BCUT2D eigenvalue weighted by atomic mass is 10.00. The van der Waals surface area contributed by atoms with Crippen LogP contribution in [0.5, 0.6) is 5.75 Å². The van der Waals surface area contributed by atoms with E-state index in [-0.39, 0.29) is 18.4 Å². The number of rotatable bonds is 7. The number of furan rings is 1. The van der Waals surface area contributed by atoms with E-state index in [9.17, 15) is 4.79 Å². The minimum atomic E-state index is -0.0381. The first kappa shape index (κ1) is 19.0. The summed E-state index contributed by atoms with van der Waals surface area (Å²) in [4.78, 5) is 12.5. The summed E-state index contributed by atoms with van der Waals surface area (Å²) >= 11 is 0. The summed E-state index contributed by atoms with van der Waals surface area (Å²) < 4.78 is 10.8. The molecule has 1 atom stereocenters. The Bertz CT molecular complexity index is 909. The van der Waals surface area contributed by atoms with Gasteiger partial charge in [0.15, 0.2) is 0 Å². The van der Waals surface area contributed by atoms with Crippen LogP contribution in [0.2, 0.25) is 0 Å². The molecule has 0 unspecified atom stereocenters. The lowest BCUT2D eigenvalue weighted by molar-refractivity contribution is -0.121. The number of methoxy groups -OCH3 is 1. The van der Waals surface area contributed by atoms with E-state index in [1.807, 2.05) is 25.1 Å². The Hall–Kier alpha value is -2.75. The van der Waals surface area contributed by atoms with Crippen molar-refractivity contribution >= 4 is 16.9 Å². The van der Waals surface area contributed by atoms with Crippen LogP contribution in [0.1, 0.15) is 43.5 Å². The number of ether oxygens (including phenoxy) is 1. The summed E-state index contributed by atoms with van der Waals surface area (Å²) in [6.07, 6.45) is 3.00. The summed E-state index contributed by atoms with van der Waals surface area (Å²) in [6, 6.07) is 14.1. The highest BCUT2D eigenvalue weighted by molar-refractivity contribution is 5.88. The summed E-state index contributed by atoms with van der Waals surface area (Å²) in [6.45, 7) is 6.44. The normalized spacial score (nSPS) is 12.3. The van der Waals surface area contributed by atoms with Crippen LogP contribution in [0.3, 0.4) is 0 Å². The number of carbonyl (C=O) groups is 1. The molecule has 3 aromatic rings. The van der Waals surface area contributed by atoms with Crippen molar-refractivity contribution in [2.45, 2.75) is 39.7 Å². The maximum atomic E-state index is 12.5. The Labute approximate surface area is 160 Å². The fourth-order valence-electron chi connectivity index (χ4n) is 3.29. The maximum absolute atomic E-state index is 12.5. The molecule has 0 aliphatic heterocycles. The fraction of sp³-hybridized carbons (Fsp3) is 0.348. The molecule has 27 heavy (non-hydrogen) atoms. The molecule has 1 aromatic heterocycles. The monoisotopic (exact) mass is 365 g/mol. The highest BCUT2D eigenvalue weighted by Gasteiger charge is 2.14. The average Bonchev–Trinajstić information content (AvgIpc) is 3.03. The number of fused-ring (bicyclic) bond motifs is 1. The van der Waals surface area contributed by atoms with E-state index in [2.05, 4.69) is 43.4 Å². The Morgan fingerprint density at radius 2 is 1.85 bits per heavy atom. The standard InChI is InChI=1S/C23H27NO3/c1-15(2)11-17-5-7-18(8-6-17)16(3)24-23(25)12-19-14-27-22-13-20(26-4)9-10-21(19)22/h5-10,13-16H,11-12H2,1-4H3,(H,24,25)/t16-/m0/s1. The molecule has 0 spiro atoms. The van der Waals surface area contributed by atoms with Crippen LogP contribution in [0.25, 0.3) is 11.0 Å². The molecule has 2 aromatic carbocycles. The van der Waals surface area contributed by atoms with Crippen LogP contribution in [0.4, 0.5) is 0 Å². The van der Waals surface area contributed by atoms with Crippen molar-refractivity contribution in [2.24, 2.45) is 5.92 Å². The van der Waals surface area contributed by atoms with Gasteiger partial charge in [0.25, 0.3) is 0 Å². The van der Waals surface area contributed by atoms with Gasteiger partial charge in [-0.2, -0.15) is 0 Å². The molecular formula is C23H27NO3. The van der Waals surface area contributed by atoms with Crippen molar-refractivity contribution in [3.63, 3.8) is 0 Å². The average molecular weight is 365 g/mol. The molecule has 142 valence electrons. The van der Waals surface area contributed by atoms with Crippen molar-refractivity contribution in [1.29, 1.82) is 0 Å². The second kappa shape index (κ2) is 8.30. The van der Waals surface area contributed by atoms with Crippen LogP contribution in [0.15, 0.2) is 53.1 Å². The van der Waals surface area contributed by atoms with E-state index in [0.717, 1.165) is 34.3 Å². The second-order valence-electron chi connectivity index (χ2n) is 7.43. The van der Waals surface area contributed by atoms with Gasteiger partial charge in [0.1, 0.15) is 11.3 Å². The van der Waals surface area contributed by atoms with E-state index >= 15 is 0 Å². The largest absolute Gasteiger partial charge is 0.497 e. The van der Waals surface area contributed by atoms with Crippen molar-refractivity contribution in [1.82, 2.24) is 5.32 Å².